The first kappa shape index (κ1) is 23.1. The van der Waals surface area contributed by atoms with Crippen LogP contribution in [0.1, 0.15) is 17.4 Å². The normalized spacial score (nSPS) is 23.6. The number of aliphatic hydroxyl groups is 2. The maximum Gasteiger partial charge on any atom is 0.237 e. The van der Waals surface area contributed by atoms with E-state index in [0.717, 1.165) is 11.1 Å². The maximum absolute atomic E-state index is 12.8. The van der Waals surface area contributed by atoms with Crippen molar-refractivity contribution in [1.82, 2.24) is 24.8 Å². The molecule has 5 atom stereocenters. The van der Waals surface area contributed by atoms with Crippen molar-refractivity contribution in [2.24, 2.45) is 5.73 Å². The minimum atomic E-state index is -1.16. The number of anilines is 1. The lowest BCUT2D eigenvalue weighted by molar-refractivity contribution is -0.124. The SMILES string of the molecule is Cc1ccc(C[C@@H](N)C(=O)N[C@@H]2[C@@H](CO)OC(n3cnc4c(N(C)C)ncnc43)[C@@H]2O)cc1. The van der Waals surface area contributed by atoms with Gasteiger partial charge in [-0.25, -0.2) is 15.0 Å². The van der Waals surface area contributed by atoms with Gasteiger partial charge in [0.15, 0.2) is 23.2 Å². The van der Waals surface area contributed by atoms with Crippen molar-refractivity contribution < 1.29 is 19.7 Å². The van der Waals surface area contributed by atoms with Gasteiger partial charge in [-0.15, -0.1) is 0 Å². The Kier molecular flexibility index (Phi) is 6.56. The highest BCUT2D eigenvalue weighted by Gasteiger charge is 2.46. The predicted octanol–water partition coefficient (Wildman–Crippen LogP) is -0.494. The number of fused-ring (bicyclic) bond motifs is 1. The van der Waals surface area contributed by atoms with Crippen molar-refractivity contribution in [2.45, 2.75) is 43.9 Å². The molecule has 4 rings (SSSR count). The minimum absolute atomic E-state index is 0.347. The zero-order valence-corrected chi connectivity index (χ0v) is 18.8. The average Bonchev–Trinajstić information content (AvgIpc) is 3.36. The molecule has 0 bridgehead atoms. The summed E-state index contributed by atoms with van der Waals surface area (Å²) in [5.41, 5.74) is 9.18. The molecule has 1 aromatic carbocycles. The van der Waals surface area contributed by atoms with E-state index in [2.05, 4.69) is 20.3 Å². The highest BCUT2D eigenvalue weighted by molar-refractivity contribution is 5.83. The molecule has 0 spiro atoms. The Morgan fingerprint density at radius 3 is 2.67 bits per heavy atom. The number of aliphatic hydroxyl groups excluding tert-OH is 2. The molecule has 1 aliphatic rings. The van der Waals surface area contributed by atoms with Gasteiger partial charge in [0.1, 0.15) is 18.5 Å². The van der Waals surface area contributed by atoms with Gasteiger partial charge in [0.25, 0.3) is 0 Å². The molecule has 0 radical (unpaired) electrons. The third-order valence-electron chi connectivity index (χ3n) is 5.81. The summed E-state index contributed by atoms with van der Waals surface area (Å²) in [6.45, 7) is 1.59. The number of ether oxygens (including phenoxy) is 1. The zero-order chi connectivity index (χ0) is 23.7. The van der Waals surface area contributed by atoms with Crippen molar-refractivity contribution in [1.29, 1.82) is 0 Å². The number of imidazole rings is 1. The van der Waals surface area contributed by atoms with Gasteiger partial charge in [0.2, 0.25) is 5.91 Å². The Morgan fingerprint density at radius 1 is 1.27 bits per heavy atom. The second-order valence-corrected chi connectivity index (χ2v) is 8.48. The van der Waals surface area contributed by atoms with E-state index in [0.29, 0.717) is 23.4 Å². The Bertz CT molecular complexity index is 1120. The summed E-state index contributed by atoms with van der Waals surface area (Å²) in [4.78, 5) is 27.5. The summed E-state index contributed by atoms with van der Waals surface area (Å²) < 4.78 is 7.47. The van der Waals surface area contributed by atoms with Crippen LogP contribution >= 0.6 is 0 Å². The van der Waals surface area contributed by atoms with Crippen LogP contribution in [0.3, 0.4) is 0 Å². The fourth-order valence-electron chi connectivity index (χ4n) is 4.00. The van der Waals surface area contributed by atoms with Crippen LogP contribution in [0.2, 0.25) is 0 Å². The number of amides is 1. The third kappa shape index (κ3) is 4.53. The van der Waals surface area contributed by atoms with Crippen LogP contribution in [0.4, 0.5) is 5.82 Å². The van der Waals surface area contributed by atoms with Gasteiger partial charge >= 0.3 is 0 Å². The largest absolute Gasteiger partial charge is 0.394 e. The van der Waals surface area contributed by atoms with Crippen LogP contribution in [0.15, 0.2) is 36.9 Å². The highest BCUT2D eigenvalue weighted by atomic mass is 16.5. The van der Waals surface area contributed by atoms with Crippen molar-refractivity contribution in [3.05, 3.63) is 48.0 Å². The summed E-state index contributed by atoms with van der Waals surface area (Å²) in [7, 11) is 3.68. The molecule has 0 aliphatic carbocycles. The summed E-state index contributed by atoms with van der Waals surface area (Å²) in [5.74, 6) is 0.187. The van der Waals surface area contributed by atoms with E-state index in [4.69, 9.17) is 10.5 Å². The first-order chi connectivity index (χ1) is 15.8. The zero-order valence-electron chi connectivity index (χ0n) is 18.8. The van der Waals surface area contributed by atoms with Crippen LogP contribution in [0, 0.1) is 6.92 Å². The van der Waals surface area contributed by atoms with Crippen LogP contribution in [-0.4, -0.2) is 80.6 Å². The van der Waals surface area contributed by atoms with Gasteiger partial charge in [-0.1, -0.05) is 29.8 Å². The van der Waals surface area contributed by atoms with E-state index < -0.39 is 43.0 Å². The minimum Gasteiger partial charge on any atom is -0.394 e. The molecule has 2 aromatic heterocycles. The molecule has 1 amide bonds. The van der Waals surface area contributed by atoms with Gasteiger partial charge in [0, 0.05) is 14.1 Å². The fraction of sp³-hybridized carbons (Fsp3) is 0.455. The van der Waals surface area contributed by atoms with Gasteiger partial charge in [0.05, 0.1) is 25.0 Å². The predicted molar refractivity (Wildman–Crippen MR) is 121 cm³/mol. The van der Waals surface area contributed by atoms with E-state index in [9.17, 15) is 15.0 Å². The number of aryl methyl sites for hydroxylation is 1. The first-order valence-corrected chi connectivity index (χ1v) is 10.7. The third-order valence-corrected chi connectivity index (χ3v) is 5.81. The number of rotatable bonds is 7. The molecule has 1 unspecified atom stereocenters. The van der Waals surface area contributed by atoms with Crippen molar-refractivity contribution in [3.63, 3.8) is 0 Å². The molecule has 176 valence electrons. The van der Waals surface area contributed by atoms with Crippen LogP contribution in [-0.2, 0) is 16.0 Å². The molecule has 0 saturated carbocycles. The Hall–Kier alpha value is -3.12. The molecule has 3 aromatic rings. The highest BCUT2D eigenvalue weighted by Crippen LogP contribution is 2.32. The first-order valence-electron chi connectivity index (χ1n) is 10.7. The number of carbonyl (C=O) groups excluding carboxylic acids is 1. The molecule has 11 heteroatoms. The van der Waals surface area contributed by atoms with Crippen LogP contribution in [0.5, 0.6) is 0 Å². The molecule has 5 N–H and O–H groups in total. The lowest BCUT2D eigenvalue weighted by atomic mass is 10.0. The number of benzene rings is 1. The summed E-state index contributed by atoms with van der Waals surface area (Å²) in [5, 5.41) is 23.6. The number of nitrogens with zero attached hydrogens (tertiary/aromatic N) is 5. The number of nitrogens with two attached hydrogens (primary N) is 1. The molecule has 1 fully saturated rings. The Labute approximate surface area is 191 Å². The van der Waals surface area contributed by atoms with E-state index in [1.54, 1.807) is 4.57 Å². The molecule has 33 heavy (non-hydrogen) atoms. The van der Waals surface area contributed by atoms with Crippen molar-refractivity contribution in [3.8, 4) is 0 Å². The van der Waals surface area contributed by atoms with Crippen LogP contribution in [0.25, 0.3) is 11.2 Å². The summed E-state index contributed by atoms with van der Waals surface area (Å²) >= 11 is 0. The molecular formula is C22H29N7O4. The second-order valence-electron chi connectivity index (χ2n) is 8.48. The lowest BCUT2D eigenvalue weighted by Crippen LogP contribution is -2.53. The number of nitrogens with one attached hydrogen (secondary N) is 1. The van der Waals surface area contributed by atoms with Gasteiger partial charge in [-0.2, -0.15) is 0 Å². The number of aromatic nitrogens is 4. The van der Waals surface area contributed by atoms with Gasteiger partial charge < -0.3 is 30.9 Å². The molecule has 11 nitrogen and oxygen atoms in total. The fourth-order valence-corrected chi connectivity index (χ4v) is 4.00. The monoisotopic (exact) mass is 455 g/mol. The van der Waals surface area contributed by atoms with Crippen molar-refractivity contribution in [2.75, 3.05) is 25.6 Å². The van der Waals surface area contributed by atoms with E-state index in [1.807, 2.05) is 50.2 Å². The lowest BCUT2D eigenvalue weighted by Gasteiger charge is -2.23. The molecular weight excluding hydrogens is 426 g/mol. The second kappa shape index (κ2) is 9.40. The topological polar surface area (TPSA) is 152 Å². The standard InChI is InChI=1S/C22H29N7O4/c1-12-4-6-13(7-5-12)8-14(23)21(32)27-16-15(9-30)33-22(18(16)31)29-11-26-17-19(28(2)3)24-10-25-20(17)29/h4-7,10-11,14-16,18,22,30-31H,8-9,23H2,1-3H3,(H,27,32)/t14-,15-,16-,18-,22?/m1/s1. The quantitative estimate of drug-likeness (QED) is 0.370. The van der Waals surface area contributed by atoms with Crippen LogP contribution < -0.4 is 16.0 Å². The molecule has 1 aliphatic heterocycles. The van der Waals surface area contributed by atoms with E-state index in [-0.39, 0.29) is 0 Å². The van der Waals surface area contributed by atoms with Gasteiger partial charge in [-0.05, 0) is 18.9 Å². The number of carbonyl (C=O) groups is 1. The molecule has 1 saturated heterocycles. The molecule has 3 heterocycles. The van der Waals surface area contributed by atoms with E-state index in [1.165, 1.54) is 12.7 Å². The maximum atomic E-state index is 12.8. The van der Waals surface area contributed by atoms with Crippen molar-refractivity contribution >= 4 is 22.9 Å². The smallest absolute Gasteiger partial charge is 0.237 e. The average molecular weight is 456 g/mol. The summed E-state index contributed by atoms with van der Waals surface area (Å²) in [6, 6.07) is 6.10. The Balaban J connectivity index is 1.51. The van der Waals surface area contributed by atoms with E-state index >= 15 is 0 Å². The summed E-state index contributed by atoms with van der Waals surface area (Å²) in [6.07, 6.45) is 0.363. The number of hydrogen-bond donors (Lipinski definition) is 4. The van der Waals surface area contributed by atoms with Gasteiger partial charge in [-0.3, -0.25) is 9.36 Å². The Morgan fingerprint density at radius 2 is 2.00 bits per heavy atom. The number of hydrogen-bond acceptors (Lipinski definition) is 9.